The third kappa shape index (κ3) is 6.14. The van der Waals surface area contributed by atoms with Gasteiger partial charge >= 0.3 is 6.09 Å². The Kier molecular flexibility index (Phi) is 8.68. The molecule has 0 saturated carbocycles. The molecule has 3 N–H and O–H groups in total. The van der Waals surface area contributed by atoms with E-state index in [2.05, 4.69) is 22.2 Å². The number of hydrogen-bond acceptors (Lipinski definition) is 8. The van der Waals surface area contributed by atoms with E-state index in [1.807, 2.05) is 48.4 Å². The molecule has 6 rings (SSSR count). The second-order valence-corrected chi connectivity index (χ2v) is 11.5. The molecule has 210 valence electrons. The van der Waals surface area contributed by atoms with Crippen molar-refractivity contribution >= 4 is 45.6 Å². The lowest BCUT2D eigenvalue weighted by molar-refractivity contribution is 0.154. The number of carbonyl (C=O) groups is 1. The number of aromatic nitrogens is 3. The van der Waals surface area contributed by atoms with Crippen molar-refractivity contribution in [1.82, 2.24) is 24.8 Å². The van der Waals surface area contributed by atoms with Crippen molar-refractivity contribution in [2.24, 2.45) is 0 Å². The van der Waals surface area contributed by atoms with Gasteiger partial charge in [-0.2, -0.15) is 0 Å². The van der Waals surface area contributed by atoms with Crippen LogP contribution in [0.25, 0.3) is 21.5 Å². The van der Waals surface area contributed by atoms with E-state index in [0.29, 0.717) is 46.6 Å². The lowest BCUT2D eigenvalue weighted by Gasteiger charge is -2.25. The molecular weight excluding hydrogens is 548 g/mol. The predicted molar refractivity (Wildman–Crippen MR) is 160 cm³/mol. The summed E-state index contributed by atoms with van der Waals surface area (Å²) >= 11 is 7.55. The quantitative estimate of drug-likeness (QED) is 0.301. The molecular formula is C29H33ClN6O3S. The number of nitrogens with zero attached hydrogens (tertiary/aromatic N) is 4. The SMILES string of the molecule is CCNCc1cnc(-c2cc3nc(C)n(Cc4ccc(Cl)cc4)c(=O)c3cc2N)s1.O=C1OCC2CCCCN12. The van der Waals surface area contributed by atoms with Gasteiger partial charge in [0.25, 0.3) is 5.56 Å². The van der Waals surface area contributed by atoms with Gasteiger partial charge in [0.15, 0.2) is 0 Å². The number of carbonyl (C=O) groups excluding carboxylic acids is 1. The Morgan fingerprint density at radius 2 is 2.00 bits per heavy atom. The van der Waals surface area contributed by atoms with Crippen LogP contribution in [-0.4, -0.2) is 51.3 Å². The monoisotopic (exact) mass is 580 g/mol. The van der Waals surface area contributed by atoms with E-state index in [-0.39, 0.29) is 11.7 Å². The Labute approximate surface area is 241 Å². The standard InChI is InChI=1S/C22H22ClN5OS.C7H11NO2/c1-3-25-10-16-11-26-21(30-16)17-9-20-18(8-19(17)24)22(29)28(13(2)27-20)12-14-4-6-15(23)7-5-14;9-7-8-4-2-1-3-6(8)5-10-7/h4-9,11,25H,3,10,12,24H2,1-2H3;6H,1-5H2. The van der Waals surface area contributed by atoms with Crippen molar-refractivity contribution in [3.63, 3.8) is 0 Å². The molecule has 4 heterocycles. The van der Waals surface area contributed by atoms with Crippen LogP contribution in [0.2, 0.25) is 5.02 Å². The van der Waals surface area contributed by atoms with Gasteiger partial charge in [0.1, 0.15) is 17.4 Å². The number of rotatable bonds is 6. The predicted octanol–water partition coefficient (Wildman–Crippen LogP) is 5.21. The first-order chi connectivity index (χ1) is 19.3. The number of anilines is 1. The van der Waals surface area contributed by atoms with E-state index < -0.39 is 0 Å². The van der Waals surface area contributed by atoms with Gasteiger partial charge in [0, 0.05) is 40.4 Å². The molecule has 1 unspecified atom stereocenters. The van der Waals surface area contributed by atoms with Gasteiger partial charge in [-0.3, -0.25) is 9.36 Å². The Balaban J connectivity index is 0.000000269. The molecule has 1 atom stereocenters. The van der Waals surface area contributed by atoms with Crippen LogP contribution in [0.1, 0.15) is 42.5 Å². The second-order valence-electron chi connectivity index (χ2n) is 9.97. The van der Waals surface area contributed by atoms with Crippen LogP contribution in [0.15, 0.2) is 47.4 Å². The van der Waals surface area contributed by atoms with Gasteiger partial charge in [-0.25, -0.2) is 14.8 Å². The molecule has 0 bridgehead atoms. The summed E-state index contributed by atoms with van der Waals surface area (Å²) in [6.07, 6.45) is 5.27. The van der Waals surface area contributed by atoms with Crippen molar-refractivity contribution in [2.75, 3.05) is 25.4 Å². The van der Waals surface area contributed by atoms with Crippen LogP contribution in [-0.2, 0) is 17.8 Å². The van der Waals surface area contributed by atoms with Crippen LogP contribution in [0, 0.1) is 6.92 Å². The van der Waals surface area contributed by atoms with Gasteiger partial charge in [-0.1, -0.05) is 30.7 Å². The fourth-order valence-electron chi connectivity index (χ4n) is 4.97. The summed E-state index contributed by atoms with van der Waals surface area (Å²) in [5.41, 5.74) is 9.13. The lowest BCUT2D eigenvalue weighted by atomic mass is 10.0. The van der Waals surface area contributed by atoms with Crippen LogP contribution in [0.5, 0.6) is 0 Å². The zero-order chi connectivity index (χ0) is 28.2. The number of hydrogen-bond donors (Lipinski definition) is 2. The van der Waals surface area contributed by atoms with Gasteiger partial charge in [0.2, 0.25) is 0 Å². The largest absolute Gasteiger partial charge is 0.447 e. The highest BCUT2D eigenvalue weighted by molar-refractivity contribution is 7.15. The molecule has 40 heavy (non-hydrogen) atoms. The number of nitrogen functional groups attached to an aromatic ring is 1. The van der Waals surface area contributed by atoms with Crippen LogP contribution < -0.4 is 16.6 Å². The lowest BCUT2D eigenvalue weighted by Crippen LogP contribution is -2.37. The van der Waals surface area contributed by atoms with Gasteiger partial charge in [-0.05, 0) is 62.6 Å². The molecule has 2 aliphatic rings. The van der Waals surface area contributed by atoms with Crippen molar-refractivity contribution in [3.8, 4) is 10.6 Å². The van der Waals surface area contributed by atoms with Crippen molar-refractivity contribution in [1.29, 1.82) is 0 Å². The summed E-state index contributed by atoms with van der Waals surface area (Å²) in [6.45, 7) is 7.53. The minimum atomic E-state index is -0.113. The Morgan fingerprint density at radius 3 is 2.75 bits per heavy atom. The molecule has 0 aliphatic carbocycles. The Bertz CT molecular complexity index is 1570. The summed E-state index contributed by atoms with van der Waals surface area (Å²) in [6, 6.07) is 11.4. The van der Waals surface area contributed by atoms with Crippen molar-refractivity contribution < 1.29 is 9.53 Å². The maximum Gasteiger partial charge on any atom is 0.410 e. The van der Waals surface area contributed by atoms with E-state index in [1.54, 1.807) is 22.0 Å². The minimum Gasteiger partial charge on any atom is -0.447 e. The number of halogens is 1. The average molecular weight is 581 g/mol. The molecule has 2 saturated heterocycles. The summed E-state index contributed by atoms with van der Waals surface area (Å²) in [4.78, 5) is 36.2. The maximum absolute atomic E-state index is 13.2. The highest BCUT2D eigenvalue weighted by atomic mass is 35.5. The number of aryl methyl sites for hydroxylation is 1. The van der Waals surface area contributed by atoms with Crippen LogP contribution in [0.3, 0.4) is 0 Å². The second kappa shape index (κ2) is 12.4. The van der Waals surface area contributed by atoms with E-state index in [9.17, 15) is 9.59 Å². The number of ether oxygens (including phenoxy) is 1. The maximum atomic E-state index is 13.2. The minimum absolute atomic E-state index is 0.107. The van der Waals surface area contributed by atoms with E-state index in [4.69, 9.17) is 22.1 Å². The first kappa shape index (κ1) is 28.1. The number of nitrogens with two attached hydrogens (primary N) is 1. The molecule has 0 spiro atoms. The van der Waals surface area contributed by atoms with Crippen molar-refractivity contribution in [3.05, 3.63) is 74.2 Å². The smallest absolute Gasteiger partial charge is 0.410 e. The number of cyclic esters (lactones) is 1. The molecule has 11 heteroatoms. The normalized spacial score (nSPS) is 16.4. The van der Waals surface area contributed by atoms with Gasteiger partial charge < -0.3 is 20.7 Å². The highest BCUT2D eigenvalue weighted by Crippen LogP contribution is 2.32. The van der Waals surface area contributed by atoms with Gasteiger partial charge in [0.05, 0.1) is 23.5 Å². The van der Waals surface area contributed by atoms with E-state index >= 15 is 0 Å². The third-order valence-corrected chi connectivity index (χ3v) is 8.45. The molecule has 4 aromatic rings. The number of fused-ring (bicyclic) bond motifs is 2. The first-order valence-electron chi connectivity index (χ1n) is 13.5. The summed E-state index contributed by atoms with van der Waals surface area (Å²) < 4.78 is 6.54. The fourth-order valence-corrected chi connectivity index (χ4v) is 6.01. The average Bonchev–Trinajstić information content (AvgIpc) is 3.58. The Hall–Kier alpha value is -3.47. The Morgan fingerprint density at radius 1 is 1.20 bits per heavy atom. The van der Waals surface area contributed by atoms with Crippen molar-refractivity contribution in [2.45, 2.75) is 52.2 Å². The number of nitrogens with one attached hydrogen (secondary N) is 1. The van der Waals surface area contributed by atoms with Crippen LogP contribution >= 0.6 is 22.9 Å². The summed E-state index contributed by atoms with van der Waals surface area (Å²) in [7, 11) is 0. The summed E-state index contributed by atoms with van der Waals surface area (Å²) in [5.74, 6) is 0.644. The van der Waals surface area contributed by atoms with Crippen LogP contribution in [0.4, 0.5) is 10.5 Å². The number of thiazole rings is 1. The van der Waals surface area contributed by atoms with E-state index in [0.717, 1.165) is 53.5 Å². The number of piperidine rings is 1. The highest BCUT2D eigenvalue weighted by Gasteiger charge is 2.34. The molecule has 2 fully saturated rings. The molecule has 2 aromatic carbocycles. The fraction of sp³-hybridized carbons (Fsp3) is 0.379. The first-order valence-corrected chi connectivity index (χ1v) is 14.7. The molecule has 2 aromatic heterocycles. The zero-order valence-corrected chi connectivity index (χ0v) is 24.2. The van der Waals surface area contributed by atoms with E-state index in [1.165, 1.54) is 6.42 Å². The third-order valence-electron chi connectivity index (χ3n) is 7.16. The number of benzene rings is 2. The number of amides is 1. The zero-order valence-electron chi connectivity index (χ0n) is 22.7. The molecule has 2 aliphatic heterocycles. The van der Waals surface area contributed by atoms with Gasteiger partial charge in [-0.15, -0.1) is 11.3 Å². The molecule has 9 nitrogen and oxygen atoms in total. The summed E-state index contributed by atoms with van der Waals surface area (Å²) in [5, 5.41) is 5.28. The topological polar surface area (TPSA) is 115 Å². The molecule has 0 radical (unpaired) electrons. The molecule has 1 amide bonds.